The molecule has 5 heteroatoms. The van der Waals surface area contributed by atoms with Crippen LogP contribution in [0.4, 0.5) is 0 Å². The van der Waals surface area contributed by atoms with Gasteiger partial charge in [-0.25, -0.2) is 4.79 Å². The first-order chi connectivity index (χ1) is 7.17. The van der Waals surface area contributed by atoms with Crippen molar-refractivity contribution in [3.8, 4) is 0 Å². The van der Waals surface area contributed by atoms with Gasteiger partial charge in [-0.3, -0.25) is 4.79 Å². The zero-order valence-corrected chi connectivity index (χ0v) is 8.44. The number of amides is 1. The Kier molecular flexibility index (Phi) is 3.68. The van der Waals surface area contributed by atoms with Crippen molar-refractivity contribution in [2.24, 2.45) is 0 Å². The number of furan rings is 1. The SMILES string of the molecule is COC(=O)/C(=C\c1ccc(C)o1)NC=O. The van der Waals surface area contributed by atoms with Crippen molar-refractivity contribution in [2.75, 3.05) is 7.11 Å². The third kappa shape index (κ3) is 2.98. The molecule has 0 spiro atoms. The van der Waals surface area contributed by atoms with Crippen molar-refractivity contribution in [1.82, 2.24) is 5.32 Å². The number of esters is 1. The Morgan fingerprint density at radius 1 is 1.53 bits per heavy atom. The molecule has 0 aliphatic carbocycles. The number of carbonyl (C=O) groups is 2. The fraction of sp³-hybridized carbons (Fsp3) is 0.200. The Hall–Kier alpha value is -2.04. The predicted molar refractivity (Wildman–Crippen MR) is 52.6 cm³/mol. The smallest absolute Gasteiger partial charge is 0.354 e. The van der Waals surface area contributed by atoms with Crippen LogP contribution in [-0.4, -0.2) is 19.5 Å². The quantitative estimate of drug-likeness (QED) is 0.453. The van der Waals surface area contributed by atoms with Crippen molar-refractivity contribution in [3.05, 3.63) is 29.4 Å². The van der Waals surface area contributed by atoms with Crippen LogP contribution in [0.5, 0.6) is 0 Å². The van der Waals surface area contributed by atoms with E-state index in [4.69, 9.17) is 4.42 Å². The van der Waals surface area contributed by atoms with E-state index in [1.54, 1.807) is 19.1 Å². The number of hydrogen-bond donors (Lipinski definition) is 1. The molecular formula is C10H11NO4. The highest BCUT2D eigenvalue weighted by molar-refractivity contribution is 5.94. The van der Waals surface area contributed by atoms with Crippen LogP contribution in [0.15, 0.2) is 22.2 Å². The average Bonchev–Trinajstić information content (AvgIpc) is 2.62. The number of ether oxygens (including phenoxy) is 1. The molecule has 0 saturated heterocycles. The summed E-state index contributed by atoms with van der Waals surface area (Å²) in [6.45, 7) is 1.78. The topological polar surface area (TPSA) is 68.5 Å². The highest BCUT2D eigenvalue weighted by Gasteiger charge is 2.09. The van der Waals surface area contributed by atoms with Gasteiger partial charge in [0.25, 0.3) is 0 Å². The minimum atomic E-state index is -0.629. The maximum atomic E-state index is 11.2. The van der Waals surface area contributed by atoms with E-state index < -0.39 is 5.97 Å². The average molecular weight is 209 g/mol. The Balaban J connectivity index is 2.92. The molecule has 15 heavy (non-hydrogen) atoms. The standard InChI is InChI=1S/C10H11NO4/c1-7-3-4-8(15-7)5-9(11-6-12)10(13)14-2/h3-6H,1-2H3,(H,11,12)/b9-5+. The van der Waals surface area contributed by atoms with Gasteiger partial charge in [-0.1, -0.05) is 0 Å². The summed E-state index contributed by atoms with van der Waals surface area (Å²) in [5.41, 5.74) is 0.0295. The van der Waals surface area contributed by atoms with E-state index >= 15 is 0 Å². The van der Waals surface area contributed by atoms with Gasteiger partial charge < -0.3 is 14.5 Å². The Morgan fingerprint density at radius 2 is 2.27 bits per heavy atom. The van der Waals surface area contributed by atoms with E-state index in [1.165, 1.54) is 13.2 Å². The van der Waals surface area contributed by atoms with Gasteiger partial charge in [0.05, 0.1) is 7.11 Å². The molecule has 80 valence electrons. The number of rotatable bonds is 4. The van der Waals surface area contributed by atoms with Gasteiger partial charge in [-0.15, -0.1) is 0 Å². The first-order valence-corrected chi connectivity index (χ1v) is 4.24. The van der Waals surface area contributed by atoms with E-state index in [2.05, 4.69) is 10.1 Å². The molecule has 1 rings (SSSR count). The molecule has 5 nitrogen and oxygen atoms in total. The molecule has 0 atom stereocenters. The Bertz CT molecular complexity index is 392. The normalized spacial score (nSPS) is 10.9. The summed E-state index contributed by atoms with van der Waals surface area (Å²) >= 11 is 0. The van der Waals surface area contributed by atoms with Crippen LogP contribution in [-0.2, 0) is 14.3 Å². The number of carbonyl (C=O) groups excluding carboxylic acids is 2. The van der Waals surface area contributed by atoms with Crippen LogP contribution in [0.25, 0.3) is 6.08 Å². The molecule has 1 heterocycles. The van der Waals surface area contributed by atoms with Crippen molar-refractivity contribution < 1.29 is 18.7 Å². The molecule has 0 radical (unpaired) electrons. The van der Waals surface area contributed by atoms with Gasteiger partial charge >= 0.3 is 5.97 Å². The highest BCUT2D eigenvalue weighted by atomic mass is 16.5. The monoisotopic (exact) mass is 209 g/mol. The van der Waals surface area contributed by atoms with Crippen LogP contribution < -0.4 is 5.32 Å². The summed E-state index contributed by atoms with van der Waals surface area (Å²) in [6.07, 6.45) is 1.80. The highest BCUT2D eigenvalue weighted by Crippen LogP contribution is 2.10. The van der Waals surface area contributed by atoms with Crippen LogP contribution in [0, 0.1) is 6.92 Å². The zero-order valence-electron chi connectivity index (χ0n) is 8.44. The summed E-state index contributed by atoms with van der Waals surface area (Å²) in [6, 6.07) is 3.44. The van der Waals surface area contributed by atoms with Gasteiger partial charge in [0.1, 0.15) is 17.2 Å². The number of aryl methyl sites for hydroxylation is 1. The summed E-state index contributed by atoms with van der Waals surface area (Å²) in [5.74, 6) is 0.565. The Labute approximate surface area is 86.7 Å². The minimum absolute atomic E-state index is 0.0295. The molecular weight excluding hydrogens is 198 g/mol. The zero-order chi connectivity index (χ0) is 11.3. The molecule has 0 aliphatic heterocycles. The lowest BCUT2D eigenvalue weighted by Gasteiger charge is -2.01. The second kappa shape index (κ2) is 4.99. The summed E-state index contributed by atoms with van der Waals surface area (Å²) in [4.78, 5) is 21.4. The number of hydrogen-bond acceptors (Lipinski definition) is 4. The van der Waals surface area contributed by atoms with Crippen LogP contribution >= 0.6 is 0 Å². The van der Waals surface area contributed by atoms with Crippen LogP contribution in [0.3, 0.4) is 0 Å². The molecule has 0 aliphatic rings. The van der Waals surface area contributed by atoms with Crippen LogP contribution in [0.1, 0.15) is 11.5 Å². The fourth-order valence-electron chi connectivity index (χ4n) is 1.01. The third-order valence-corrected chi connectivity index (χ3v) is 1.67. The lowest BCUT2D eigenvalue weighted by Crippen LogP contribution is -2.19. The van der Waals surface area contributed by atoms with E-state index in [-0.39, 0.29) is 5.70 Å². The van der Waals surface area contributed by atoms with Gasteiger partial charge in [0.15, 0.2) is 0 Å². The van der Waals surface area contributed by atoms with Gasteiger partial charge in [0.2, 0.25) is 6.41 Å². The lowest BCUT2D eigenvalue weighted by atomic mass is 10.3. The first-order valence-electron chi connectivity index (χ1n) is 4.24. The number of nitrogens with one attached hydrogen (secondary N) is 1. The van der Waals surface area contributed by atoms with Crippen molar-refractivity contribution in [2.45, 2.75) is 6.92 Å². The van der Waals surface area contributed by atoms with Crippen molar-refractivity contribution in [3.63, 3.8) is 0 Å². The van der Waals surface area contributed by atoms with Gasteiger partial charge in [-0.2, -0.15) is 0 Å². The Morgan fingerprint density at radius 3 is 2.73 bits per heavy atom. The second-order valence-corrected chi connectivity index (χ2v) is 2.76. The van der Waals surface area contributed by atoms with Crippen molar-refractivity contribution >= 4 is 18.5 Å². The maximum Gasteiger partial charge on any atom is 0.354 e. The largest absolute Gasteiger partial charge is 0.464 e. The molecule has 0 saturated carbocycles. The summed E-state index contributed by atoms with van der Waals surface area (Å²) in [5, 5.41) is 2.24. The van der Waals surface area contributed by atoms with Gasteiger partial charge in [-0.05, 0) is 19.1 Å². The lowest BCUT2D eigenvalue weighted by molar-refractivity contribution is -0.137. The van der Waals surface area contributed by atoms with E-state index in [0.29, 0.717) is 12.2 Å². The first kappa shape index (κ1) is 11.0. The van der Waals surface area contributed by atoms with Crippen molar-refractivity contribution in [1.29, 1.82) is 0 Å². The van der Waals surface area contributed by atoms with E-state index in [9.17, 15) is 9.59 Å². The van der Waals surface area contributed by atoms with Gasteiger partial charge in [0, 0.05) is 6.08 Å². The maximum absolute atomic E-state index is 11.2. The molecule has 0 bridgehead atoms. The molecule has 1 N–H and O–H groups in total. The summed E-state index contributed by atoms with van der Waals surface area (Å²) < 4.78 is 9.69. The predicted octanol–water partition coefficient (Wildman–Crippen LogP) is 0.848. The second-order valence-electron chi connectivity index (χ2n) is 2.76. The minimum Gasteiger partial charge on any atom is -0.464 e. The summed E-state index contributed by atoms with van der Waals surface area (Å²) in [7, 11) is 1.23. The molecule has 0 aromatic carbocycles. The van der Waals surface area contributed by atoms with E-state index in [1.807, 2.05) is 0 Å². The molecule has 1 aromatic rings. The molecule has 0 unspecified atom stereocenters. The number of methoxy groups -OCH3 is 1. The molecule has 1 aromatic heterocycles. The molecule has 1 amide bonds. The van der Waals surface area contributed by atoms with E-state index in [0.717, 1.165) is 5.76 Å². The third-order valence-electron chi connectivity index (χ3n) is 1.67. The van der Waals surface area contributed by atoms with Crippen LogP contribution in [0.2, 0.25) is 0 Å². The fourth-order valence-corrected chi connectivity index (χ4v) is 1.01. The molecule has 0 fully saturated rings.